The van der Waals surface area contributed by atoms with Crippen LogP contribution in [0.5, 0.6) is 0 Å². The molecule has 8 rings (SSSR count). The predicted octanol–water partition coefficient (Wildman–Crippen LogP) is 9.42. The smallest absolute Gasteiger partial charge is 0.159 e. The molecule has 4 bridgehead atoms. The highest BCUT2D eigenvalue weighted by Crippen LogP contribution is 2.82. The Morgan fingerprint density at radius 2 is 1.22 bits per heavy atom. The number of rotatable bonds is 2. The maximum Gasteiger partial charge on any atom is 0.159 e. The van der Waals surface area contributed by atoms with Gasteiger partial charge in [-0.05, 0) is 67.0 Å². The van der Waals surface area contributed by atoms with Gasteiger partial charge in [0, 0.05) is 27.1 Å². The first-order valence-corrected chi connectivity index (χ1v) is 14.9. The SMILES string of the molecule is Clc1ccc(-c2nn(-c3ccc(Cl)cc3)c3c2[C@H]2CC[C@@H]3C3C2[C@]2(Cl)C(Cl)C(Cl)C3(Cl)C2(Cl)Cl)cc1. The van der Waals surface area contributed by atoms with Crippen LogP contribution in [0.25, 0.3) is 16.9 Å². The van der Waals surface area contributed by atoms with Crippen LogP contribution in [0, 0.1) is 11.8 Å². The fourth-order valence-electron chi connectivity index (χ4n) is 7.58. The monoisotopic (exact) mass is 638 g/mol. The Hall–Kier alpha value is -0.0300. The van der Waals surface area contributed by atoms with Crippen LogP contribution in [-0.4, -0.2) is 34.6 Å². The van der Waals surface area contributed by atoms with Gasteiger partial charge in [0.05, 0.1) is 27.8 Å². The lowest BCUT2D eigenvalue weighted by Gasteiger charge is -2.55. The molecule has 5 aliphatic carbocycles. The van der Waals surface area contributed by atoms with Crippen LogP contribution in [0.2, 0.25) is 10.0 Å². The highest BCUT2D eigenvalue weighted by molar-refractivity contribution is 6.62. The second-order valence-electron chi connectivity index (χ2n) is 10.3. The van der Waals surface area contributed by atoms with Gasteiger partial charge in [0.25, 0.3) is 0 Å². The van der Waals surface area contributed by atoms with Crippen LogP contribution in [0.1, 0.15) is 35.9 Å². The van der Waals surface area contributed by atoms with Crippen LogP contribution < -0.4 is 0 Å². The molecule has 10 heteroatoms. The third-order valence-electron chi connectivity index (χ3n) is 8.90. The Morgan fingerprint density at radius 1 is 0.722 bits per heavy atom. The lowest BCUT2D eigenvalue weighted by molar-refractivity contribution is 0.109. The van der Waals surface area contributed by atoms with Crippen molar-refractivity contribution in [2.24, 2.45) is 11.8 Å². The van der Waals surface area contributed by atoms with Crippen molar-refractivity contribution in [3.63, 3.8) is 0 Å². The highest BCUT2D eigenvalue weighted by atomic mass is 35.5. The van der Waals surface area contributed by atoms with E-state index in [0.717, 1.165) is 41.0 Å². The van der Waals surface area contributed by atoms with Gasteiger partial charge in [-0.1, -0.05) is 58.5 Å². The lowest BCUT2D eigenvalue weighted by Crippen LogP contribution is -2.57. The van der Waals surface area contributed by atoms with E-state index in [1.54, 1.807) is 0 Å². The Kier molecular flexibility index (Phi) is 5.56. The van der Waals surface area contributed by atoms with Gasteiger partial charge in [-0.15, -0.1) is 46.4 Å². The average Bonchev–Trinajstić information content (AvgIpc) is 3.37. The zero-order valence-electron chi connectivity index (χ0n) is 18.4. The van der Waals surface area contributed by atoms with Gasteiger partial charge >= 0.3 is 0 Å². The van der Waals surface area contributed by atoms with E-state index >= 15 is 0 Å². The van der Waals surface area contributed by atoms with Crippen molar-refractivity contribution >= 4 is 92.8 Å². The second-order valence-corrected chi connectivity index (χ2v) is 14.7. The number of benzene rings is 2. The molecule has 0 spiro atoms. The van der Waals surface area contributed by atoms with Crippen LogP contribution in [-0.2, 0) is 0 Å². The number of halogens is 8. The van der Waals surface area contributed by atoms with E-state index in [1.165, 1.54) is 0 Å². The second kappa shape index (κ2) is 8.01. The first kappa shape index (κ1) is 25.0. The zero-order valence-corrected chi connectivity index (χ0v) is 24.5. The van der Waals surface area contributed by atoms with Crippen molar-refractivity contribution in [1.29, 1.82) is 0 Å². The van der Waals surface area contributed by atoms with E-state index in [-0.39, 0.29) is 23.7 Å². The topological polar surface area (TPSA) is 17.8 Å². The molecule has 188 valence electrons. The van der Waals surface area contributed by atoms with Crippen molar-refractivity contribution in [1.82, 2.24) is 9.78 Å². The first-order valence-electron chi connectivity index (χ1n) is 11.7. The highest BCUT2D eigenvalue weighted by Gasteiger charge is 2.88. The Bertz CT molecular complexity index is 1280. The Labute approximate surface area is 249 Å². The summed E-state index contributed by atoms with van der Waals surface area (Å²) in [6.45, 7) is 0. The summed E-state index contributed by atoms with van der Waals surface area (Å²) in [5.74, 6) is -0.289. The molecule has 5 aliphatic rings. The maximum atomic E-state index is 7.39. The van der Waals surface area contributed by atoms with E-state index in [1.807, 2.05) is 53.2 Å². The number of fused-ring (bicyclic) bond motifs is 3. The number of aromatic nitrogens is 2. The molecule has 1 aromatic heterocycles. The minimum Gasteiger partial charge on any atom is -0.237 e. The van der Waals surface area contributed by atoms with E-state index in [4.69, 9.17) is 97.9 Å². The summed E-state index contributed by atoms with van der Waals surface area (Å²) in [6.07, 6.45) is 1.81. The van der Waals surface area contributed by atoms with Gasteiger partial charge in [0.2, 0.25) is 0 Å². The molecule has 0 amide bonds. The molecule has 1 heterocycles. The maximum absolute atomic E-state index is 7.39. The van der Waals surface area contributed by atoms with Gasteiger partial charge < -0.3 is 0 Å². The fraction of sp³-hybridized carbons (Fsp3) is 0.423. The molecule has 0 saturated heterocycles. The molecule has 0 aliphatic heterocycles. The molecule has 2 aromatic carbocycles. The predicted molar refractivity (Wildman–Crippen MR) is 152 cm³/mol. The molecule has 3 fully saturated rings. The summed E-state index contributed by atoms with van der Waals surface area (Å²) >= 11 is 55.1. The number of hydrogen-bond acceptors (Lipinski definition) is 1. The minimum absolute atomic E-state index is 0.000329. The molecule has 36 heavy (non-hydrogen) atoms. The molecule has 3 saturated carbocycles. The Morgan fingerprint density at radius 3 is 1.81 bits per heavy atom. The molecular formula is C26H18Cl8N2. The van der Waals surface area contributed by atoms with Gasteiger partial charge in [-0.25, -0.2) is 4.68 Å². The van der Waals surface area contributed by atoms with Crippen molar-refractivity contribution < 1.29 is 0 Å². The summed E-state index contributed by atoms with van der Waals surface area (Å²) in [4.78, 5) is -2.37. The van der Waals surface area contributed by atoms with E-state index in [9.17, 15) is 0 Å². The zero-order chi connectivity index (χ0) is 25.4. The standard InChI is InChI=1S/C26H18Cl8N2/c27-12-3-1-11(2-4-12)20-17-15-9-10-16(21(17)36(35-20)14-7-5-13(28)6-8-14)19-18(15)24(31)22(29)23(30)25(19,32)26(24,33)34/h1-8,15-16,18-19,22-23H,9-10H2/t15-,16-,18?,19?,22?,23?,24+,25?/m1/s1. The van der Waals surface area contributed by atoms with E-state index < -0.39 is 24.8 Å². The molecule has 0 N–H and O–H groups in total. The summed E-state index contributed by atoms with van der Waals surface area (Å²) in [6, 6.07) is 15.4. The largest absolute Gasteiger partial charge is 0.237 e. The third kappa shape index (κ3) is 2.79. The van der Waals surface area contributed by atoms with Crippen molar-refractivity contribution in [3.05, 3.63) is 69.8 Å². The van der Waals surface area contributed by atoms with Crippen LogP contribution in [0.3, 0.4) is 0 Å². The summed E-state index contributed by atoms with van der Waals surface area (Å²) in [5.41, 5.74) is 5.02. The van der Waals surface area contributed by atoms with Gasteiger partial charge in [-0.3, -0.25) is 0 Å². The van der Waals surface area contributed by atoms with Gasteiger partial charge in [0.1, 0.15) is 9.75 Å². The summed E-state index contributed by atoms with van der Waals surface area (Å²) < 4.78 is 0.516. The van der Waals surface area contributed by atoms with Crippen molar-refractivity contribution in [3.8, 4) is 16.9 Å². The van der Waals surface area contributed by atoms with Gasteiger partial charge in [-0.2, -0.15) is 5.10 Å². The third-order valence-corrected chi connectivity index (χ3v) is 14.1. The minimum atomic E-state index is -1.50. The van der Waals surface area contributed by atoms with Crippen LogP contribution in [0.4, 0.5) is 0 Å². The van der Waals surface area contributed by atoms with Crippen LogP contribution >= 0.6 is 92.8 Å². The van der Waals surface area contributed by atoms with Gasteiger partial charge in [0.15, 0.2) is 4.33 Å². The van der Waals surface area contributed by atoms with Crippen LogP contribution in [0.15, 0.2) is 48.5 Å². The quantitative estimate of drug-likeness (QED) is 0.255. The molecule has 2 nitrogen and oxygen atoms in total. The molecular weight excluding hydrogens is 624 g/mol. The Balaban J connectivity index is 1.51. The number of nitrogens with zero attached hydrogens (tertiary/aromatic N) is 2. The van der Waals surface area contributed by atoms with E-state index in [2.05, 4.69) is 0 Å². The lowest BCUT2D eigenvalue weighted by atomic mass is 9.53. The molecule has 5 unspecified atom stereocenters. The average molecular weight is 642 g/mol. The first-order chi connectivity index (χ1) is 17.0. The van der Waals surface area contributed by atoms with Crippen molar-refractivity contribution in [2.45, 2.75) is 49.5 Å². The number of alkyl halides is 6. The molecule has 0 radical (unpaired) electrons. The summed E-state index contributed by atoms with van der Waals surface area (Å²) in [5, 5.41) is 5.12. The van der Waals surface area contributed by atoms with E-state index in [0.29, 0.717) is 10.0 Å². The summed E-state index contributed by atoms with van der Waals surface area (Å²) in [7, 11) is 0. The number of hydrogen-bond donors (Lipinski definition) is 0. The normalized spacial score (nSPS) is 39.3. The molecule has 8 atom stereocenters. The fourth-order valence-corrected chi connectivity index (χ4v) is 11.4. The molecule has 3 aromatic rings. The van der Waals surface area contributed by atoms with Crippen molar-refractivity contribution in [2.75, 3.05) is 0 Å².